The summed E-state index contributed by atoms with van der Waals surface area (Å²) in [4.78, 5) is 11.4. The molecule has 0 N–H and O–H groups in total. The standard InChI is InChI=1S/C10H16O4/c1-4-7-5-10(6-13-7)9(2,14-10)8(11)12-3/h7H,4-6H2,1-3H3. The van der Waals surface area contributed by atoms with Crippen LogP contribution in [0.4, 0.5) is 0 Å². The molecular weight excluding hydrogens is 184 g/mol. The first-order valence-corrected chi connectivity index (χ1v) is 4.98. The molecular formula is C10H16O4. The topological polar surface area (TPSA) is 48.1 Å². The summed E-state index contributed by atoms with van der Waals surface area (Å²) in [5.74, 6) is -0.294. The van der Waals surface area contributed by atoms with Crippen molar-refractivity contribution in [3.63, 3.8) is 0 Å². The van der Waals surface area contributed by atoms with Crippen LogP contribution < -0.4 is 0 Å². The van der Waals surface area contributed by atoms with Crippen LogP contribution in [0.3, 0.4) is 0 Å². The molecule has 3 atom stereocenters. The van der Waals surface area contributed by atoms with E-state index in [1.807, 2.05) is 0 Å². The average molecular weight is 200 g/mol. The van der Waals surface area contributed by atoms with E-state index in [1.165, 1.54) is 7.11 Å². The molecule has 0 saturated carbocycles. The summed E-state index contributed by atoms with van der Waals surface area (Å²) < 4.78 is 15.8. The average Bonchev–Trinajstić information content (AvgIpc) is 2.60. The highest BCUT2D eigenvalue weighted by Crippen LogP contribution is 2.55. The van der Waals surface area contributed by atoms with Crippen molar-refractivity contribution in [1.82, 2.24) is 0 Å². The number of carbonyl (C=O) groups excluding carboxylic acids is 1. The molecule has 0 aromatic carbocycles. The van der Waals surface area contributed by atoms with E-state index in [0.717, 1.165) is 12.8 Å². The summed E-state index contributed by atoms with van der Waals surface area (Å²) in [6, 6.07) is 0. The molecule has 2 aliphatic heterocycles. The van der Waals surface area contributed by atoms with E-state index in [1.54, 1.807) is 6.92 Å². The Hall–Kier alpha value is -0.610. The smallest absolute Gasteiger partial charge is 0.341 e. The third-order valence-electron chi connectivity index (χ3n) is 3.37. The Kier molecular flexibility index (Phi) is 2.08. The van der Waals surface area contributed by atoms with Gasteiger partial charge in [-0.15, -0.1) is 0 Å². The number of esters is 1. The van der Waals surface area contributed by atoms with E-state index in [9.17, 15) is 4.79 Å². The highest BCUT2D eigenvalue weighted by atomic mass is 16.7. The second kappa shape index (κ2) is 2.94. The maximum absolute atomic E-state index is 11.4. The molecule has 0 aromatic rings. The zero-order valence-corrected chi connectivity index (χ0v) is 8.83. The maximum atomic E-state index is 11.4. The number of ether oxygens (including phenoxy) is 3. The summed E-state index contributed by atoms with van der Waals surface area (Å²) in [6.07, 6.45) is 1.98. The van der Waals surface area contributed by atoms with Gasteiger partial charge in [0, 0.05) is 6.42 Å². The second-order valence-corrected chi connectivity index (χ2v) is 4.17. The van der Waals surface area contributed by atoms with Crippen LogP contribution in [0.5, 0.6) is 0 Å². The Morgan fingerprint density at radius 3 is 2.86 bits per heavy atom. The Labute approximate surface area is 83.5 Å². The quantitative estimate of drug-likeness (QED) is 0.490. The summed E-state index contributed by atoms with van der Waals surface area (Å²) in [5.41, 5.74) is -1.17. The molecule has 0 aliphatic carbocycles. The largest absolute Gasteiger partial charge is 0.467 e. The fourth-order valence-electron chi connectivity index (χ4n) is 2.19. The first-order chi connectivity index (χ1) is 6.58. The molecule has 2 heterocycles. The third-order valence-corrected chi connectivity index (χ3v) is 3.37. The Morgan fingerprint density at radius 2 is 2.36 bits per heavy atom. The van der Waals surface area contributed by atoms with Crippen molar-refractivity contribution in [2.24, 2.45) is 0 Å². The number of epoxide rings is 1. The van der Waals surface area contributed by atoms with Crippen molar-refractivity contribution in [2.45, 2.75) is 44.0 Å². The summed E-state index contributed by atoms with van der Waals surface area (Å²) >= 11 is 0. The maximum Gasteiger partial charge on any atom is 0.341 e. The van der Waals surface area contributed by atoms with E-state index in [4.69, 9.17) is 14.2 Å². The van der Waals surface area contributed by atoms with Crippen LogP contribution in [0.25, 0.3) is 0 Å². The van der Waals surface area contributed by atoms with Crippen LogP contribution in [0.1, 0.15) is 26.7 Å². The highest BCUT2D eigenvalue weighted by Gasteiger charge is 2.74. The minimum atomic E-state index is -0.772. The number of carbonyl (C=O) groups is 1. The molecule has 4 nitrogen and oxygen atoms in total. The zero-order chi connectivity index (χ0) is 10.4. The molecule has 2 rings (SSSR count). The molecule has 0 bridgehead atoms. The monoisotopic (exact) mass is 200 g/mol. The minimum Gasteiger partial charge on any atom is -0.467 e. The number of hydrogen-bond donors (Lipinski definition) is 0. The second-order valence-electron chi connectivity index (χ2n) is 4.17. The molecule has 14 heavy (non-hydrogen) atoms. The SMILES string of the molecule is CCC1CC2(CO1)OC2(C)C(=O)OC. The van der Waals surface area contributed by atoms with Crippen molar-refractivity contribution in [3.05, 3.63) is 0 Å². The molecule has 0 aromatic heterocycles. The molecule has 4 heteroatoms. The van der Waals surface area contributed by atoms with Crippen molar-refractivity contribution in [2.75, 3.05) is 13.7 Å². The molecule has 3 unspecified atom stereocenters. The molecule has 2 fully saturated rings. The lowest BCUT2D eigenvalue weighted by Gasteiger charge is -2.07. The lowest BCUT2D eigenvalue weighted by molar-refractivity contribution is -0.146. The predicted octanol–water partition coefficient (Wildman–Crippen LogP) is 0.886. The van der Waals surface area contributed by atoms with E-state index >= 15 is 0 Å². The number of methoxy groups -OCH3 is 1. The van der Waals surface area contributed by atoms with E-state index in [-0.39, 0.29) is 12.1 Å². The van der Waals surface area contributed by atoms with Gasteiger partial charge in [-0.05, 0) is 13.3 Å². The fourth-order valence-corrected chi connectivity index (χ4v) is 2.19. The first kappa shape index (κ1) is 9.93. The lowest BCUT2D eigenvalue weighted by Crippen LogP contribution is -2.33. The van der Waals surface area contributed by atoms with Crippen LogP contribution >= 0.6 is 0 Å². The van der Waals surface area contributed by atoms with Gasteiger partial charge in [-0.2, -0.15) is 0 Å². The Morgan fingerprint density at radius 1 is 1.64 bits per heavy atom. The predicted molar refractivity (Wildman–Crippen MR) is 48.9 cm³/mol. The minimum absolute atomic E-state index is 0.224. The van der Waals surface area contributed by atoms with Crippen molar-refractivity contribution >= 4 is 5.97 Å². The summed E-state index contributed by atoms with van der Waals surface area (Å²) in [7, 11) is 1.38. The first-order valence-electron chi connectivity index (χ1n) is 4.98. The molecule has 1 spiro atoms. The van der Waals surface area contributed by atoms with Gasteiger partial charge in [-0.1, -0.05) is 6.92 Å². The van der Waals surface area contributed by atoms with Gasteiger partial charge in [-0.25, -0.2) is 4.79 Å². The van der Waals surface area contributed by atoms with Gasteiger partial charge in [0.25, 0.3) is 0 Å². The zero-order valence-electron chi connectivity index (χ0n) is 8.83. The fraction of sp³-hybridized carbons (Fsp3) is 0.900. The summed E-state index contributed by atoms with van der Waals surface area (Å²) in [5, 5.41) is 0. The van der Waals surface area contributed by atoms with Crippen LogP contribution in [0, 0.1) is 0 Å². The van der Waals surface area contributed by atoms with Gasteiger partial charge >= 0.3 is 5.97 Å². The van der Waals surface area contributed by atoms with Gasteiger partial charge in [0.1, 0.15) is 5.60 Å². The van der Waals surface area contributed by atoms with Crippen LogP contribution in [0.2, 0.25) is 0 Å². The van der Waals surface area contributed by atoms with E-state index in [2.05, 4.69) is 6.92 Å². The van der Waals surface area contributed by atoms with Crippen LogP contribution in [-0.2, 0) is 19.0 Å². The number of rotatable bonds is 2. The lowest BCUT2D eigenvalue weighted by atomic mass is 9.91. The molecule has 0 amide bonds. The van der Waals surface area contributed by atoms with Crippen molar-refractivity contribution < 1.29 is 19.0 Å². The van der Waals surface area contributed by atoms with Gasteiger partial charge in [0.15, 0.2) is 5.60 Å². The van der Waals surface area contributed by atoms with Gasteiger partial charge in [-0.3, -0.25) is 0 Å². The number of hydrogen-bond acceptors (Lipinski definition) is 4. The molecule has 0 radical (unpaired) electrons. The third kappa shape index (κ3) is 1.10. The van der Waals surface area contributed by atoms with E-state index < -0.39 is 11.2 Å². The molecule has 2 aliphatic rings. The molecule has 80 valence electrons. The van der Waals surface area contributed by atoms with Crippen molar-refractivity contribution in [1.29, 1.82) is 0 Å². The Bertz CT molecular complexity index is 265. The summed E-state index contributed by atoms with van der Waals surface area (Å²) in [6.45, 7) is 4.36. The van der Waals surface area contributed by atoms with Crippen LogP contribution in [-0.4, -0.2) is 37.0 Å². The Balaban J connectivity index is 2.06. The van der Waals surface area contributed by atoms with E-state index in [0.29, 0.717) is 6.61 Å². The van der Waals surface area contributed by atoms with Gasteiger partial charge in [0.05, 0.1) is 19.8 Å². The van der Waals surface area contributed by atoms with Gasteiger partial charge < -0.3 is 14.2 Å². The van der Waals surface area contributed by atoms with Crippen molar-refractivity contribution in [3.8, 4) is 0 Å². The molecule has 2 saturated heterocycles. The van der Waals surface area contributed by atoms with Gasteiger partial charge in [0.2, 0.25) is 0 Å². The normalized spacial score (nSPS) is 45.5. The highest BCUT2D eigenvalue weighted by molar-refractivity contribution is 5.84. The van der Waals surface area contributed by atoms with Crippen LogP contribution in [0.15, 0.2) is 0 Å².